The molecule has 0 saturated heterocycles. The number of esters is 1. The Morgan fingerprint density at radius 2 is 1.85 bits per heavy atom. The summed E-state index contributed by atoms with van der Waals surface area (Å²) in [7, 11) is 0. The second-order valence-electron chi connectivity index (χ2n) is 9.79. The van der Waals surface area contributed by atoms with Crippen LogP contribution in [0.1, 0.15) is 51.2 Å². The van der Waals surface area contributed by atoms with Gasteiger partial charge in [-0.05, 0) is 57.4 Å². The highest BCUT2D eigenvalue weighted by molar-refractivity contribution is 5.86. The molecular formula is C30H39N3O8. The first kappa shape index (κ1) is 33.1. The third-order valence-corrected chi connectivity index (χ3v) is 6.45. The molecule has 2 atom stereocenters. The van der Waals surface area contributed by atoms with E-state index in [-0.39, 0.29) is 49.2 Å². The summed E-state index contributed by atoms with van der Waals surface area (Å²) in [6.07, 6.45) is 3.55. The highest BCUT2D eigenvalue weighted by atomic mass is 16.6. The Hall–Kier alpha value is -4.09. The maximum Gasteiger partial charge on any atom is 0.323 e. The number of phenols is 1. The molecule has 0 saturated carbocycles. The fourth-order valence-electron chi connectivity index (χ4n) is 3.87. The molecule has 2 rings (SSSR count). The Balaban J connectivity index is 2.04. The number of nitro benzene ring substituents is 1. The molecular weight excluding hydrogens is 530 g/mol. The van der Waals surface area contributed by atoms with Gasteiger partial charge in [0, 0.05) is 37.2 Å². The van der Waals surface area contributed by atoms with Gasteiger partial charge in [0.1, 0.15) is 29.9 Å². The van der Waals surface area contributed by atoms with Crippen LogP contribution in [0.5, 0.6) is 11.5 Å². The number of nitro groups is 1. The third-order valence-electron chi connectivity index (χ3n) is 6.45. The lowest BCUT2D eigenvalue weighted by Gasteiger charge is -2.28. The summed E-state index contributed by atoms with van der Waals surface area (Å²) in [5.74, 6) is 0.00686. The van der Waals surface area contributed by atoms with Crippen LogP contribution in [0.2, 0.25) is 0 Å². The zero-order chi connectivity index (χ0) is 30.4. The highest BCUT2D eigenvalue weighted by Gasteiger charge is 2.27. The minimum absolute atomic E-state index is 0.0353. The van der Waals surface area contributed by atoms with E-state index in [1.165, 1.54) is 24.3 Å². The SMILES string of the molecule is C=CCOC(=O)[C@H](C)N(CC(=O)[C@H](C)NCc1cc([N+](=O)[O-])ccc1O)Cc1ccc(OCCCCC(C)=O)cc1. The number of rotatable bonds is 19. The average Bonchev–Trinajstić information content (AvgIpc) is 2.94. The van der Waals surface area contributed by atoms with Gasteiger partial charge >= 0.3 is 5.97 Å². The first-order valence-electron chi connectivity index (χ1n) is 13.5. The van der Waals surface area contributed by atoms with E-state index in [0.717, 1.165) is 18.4 Å². The Kier molecular flexibility index (Phi) is 13.6. The number of nitrogens with one attached hydrogen (secondary N) is 1. The molecule has 11 heteroatoms. The maximum absolute atomic E-state index is 13.1. The van der Waals surface area contributed by atoms with Crippen LogP contribution in [-0.4, -0.2) is 64.3 Å². The molecule has 0 unspecified atom stereocenters. The smallest absolute Gasteiger partial charge is 0.323 e. The van der Waals surface area contributed by atoms with Crippen LogP contribution in [0.4, 0.5) is 5.69 Å². The molecule has 0 aliphatic carbocycles. The number of Topliss-reactive ketones (excluding diaryl/α,β-unsaturated/α-hetero) is 2. The molecule has 0 fully saturated rings. The second-order valence-corrected chi connectivity index (χ2v) is 9.79. The quantitative estimate of drug-likeness (QED) is 0.0832. The van der Waals surface area contributed by atoms with Crippen molar-refractivity contribution in [2.45, 2.75) is 65.2 Å². The van der Waals surface area contributed by atoms with Crippen LogP contribution in [-0.2, 0) is 32.2 Å². The van der Waals surface area contributed by atoms with Gasteiger partial charge < -0.3 is 24.7 Å². The Bertz CT molecular complexity index is 1200. The molecule has 2 N–H and O–H groups in total. The number of aromatic hydroxyl groups is 1. The van der Waals surface area contributed by atoms with E-state index < -0.39 is 23.0 Å². The van der Waals surface area contributed by atoms with Crippen LogP contribution in [0.25, 0.3) is 0 Å². The van der Waals surface area contributed by atoms with Crippen molar-refractivity contribution in [2.24, 2.45) is 0 Å². The average molecular weight is 570 g/mol. The summed E-state index contributed by atoms with van der Waals surface area (Å²) in [5.41, 5.74) is 0.978. The molecule has 0 amide bonds. The molecule has 0 bridgehead atoms. The number of ketones is 2. The largest absolute Gasteiger partial charge is 0.508 e. The van der Waals surface area contributed by atoms with Gasteiger partial charge in [-0.15, -0.1) is 0 Å². The first-order chi connectivity index (χ1) is 19.5. The number of hydrogen-bond acceptors (Lipinski definition) is 10. The predicted molar refractivity (Wildman–Crippen MR) is 154 cm³/mol. The van der Waals surface area contributed by atoms with E-state index >= 15 is 0 Å². The van der Waals surface area contributed by atoms with E-state index in [0.29, 0.717) is 24.3 Å². The van der Waals surface area contributed by atoms with Crippen molar-refractivity contribution in [3.05, 3.63) is 76.4 Å². The molecule has 11 nitrogen and oxygen atoms in total. The molecule has 222 valence electrons. The van der Waals surface area contributed by atoms with Crippen LogP contribution < -0.4 is 10.1 Å². The van der Waals surface area contributed by atoms with Crippen molar-refractivity contribution >= 4 is 23.2 Å². The summed E-state index contributed by atoms with van der Waals surface area (Å²) < 4.78 is 11.0. The number of nitrogens with zero attached hydrogens (tertiary/aromatic N) is 2. The third kappa shape index (κ3) is 11.5. The van der Waals surface area contributed by atoms with Gasteiger partial charge in [-0.1, -0.05) is 24.8 Å². The lowest BCUT2D eigenvalue weighted by molar-refractivity contribution is -0.384. The van der Waals surface area contributed by atoms with Crippen LogP contribution in [0.15, 0.2) is 55.1 Å². The van der Waals surface area contributed by atoms with Crippen molar-refractivity contribution in [3.8, 4) is 11.5 Å². The molecule has 2 aromatic rings. The summed E-state index contributed by atoms with van der Waals surface area (Å²) in [5, 5.41) is 24.1. The lowest BCUT2D eigenvalue weighted by atomic mass is 10.1. The van der Waals surface area contributed by atoms with Crippen LogP contribution in [0, 0.1) is 10.1 Å². The highest BCUT2D eigenvalue weighted by Crippen LogP contribution is 2.23. The number of non-ortho nitro benzene ring substituents is 1. The summed E-state index contributed by atoms with van der Waals surface area (Å²) in [4.78, 5) is 49.0. The Labute approximate surface area is 240 Å². The zero-order valence-corrected chi connectivity index (χ0v) is 23.8. The maximum atomic E-state index is 13.1. The van der Waals surface area contributed by atoms with Gasteiger partial charge in [0.05, 0.1) is 24.1 Å². The number of ether oxygens (including phenoxy) is 2. The number of unbranched alkanes of at least 4 members (excludes halogenated alkanes) is 1. The number of benzene rings is 2. The van der Waals surface area contributed by atoms with Crippen LogP contribution in [0.3, 0.4) is 0 Å². The normalized spacial score (nSPS) is 12.4. The molecule has 0 radical (unpaired) electrons. The minimum Gasteiger partial charge on any atom is -0.508 e. The van der Waals surface area contributed by atoms with E-state index in [9.17, 15) is 29.6 Å². The van der Waals surface area contributed by atoms with Crippen molar-refractivity contribution in [1.82, 2.24) is 10.2 Å². The van der Waals surface area contributed by atoms with Gasteiger partial charge in [0.15, 0.2) is 5.78 Å². The van der Waals surface area contributed by atoms with Crippen molar-refractivity contribution in [3.63, 3.8) is 0 Å². The standard InChI is InChI=1S/C30H39N3O8/c1-5-15-41-30(37)23(4)32(19-24-9-12-27(13-10-24)40-16-7-6-8-21(2)34)20-29(36)22(3)31-18-25-17-26(33(38)39)11-14-28(25)35/h5,9-14,17,22-23,31,35H,1,6-8,15-16,18-20H2,2-4H3/t22-,23-/m0/s1. The summed E-state index contributed by atoms with van der Waals surface area (Å²) in [6, 6.07) is 9.64. The molecule has 2 aromatic carbocycles. The van der Waals surface area contributed by atoms with E-state index in [2.05, 4.69) is 11.9 Å². The van der Waals surface area contributed by atoms with Gasteiger partial charge in [-0.25, -0.2) is 0 Å². The monoisotopic (exact) mass is 569 g/mol. The fourth-order valence-corrected chi connectivity index (χ4v) is 3.87. The van der Waals surface area contributed by atoms with Crippen LogP contribution >= 0.6 is 0 Å². The van der Waals surface area contributed by atoms with Crippen molar-refractivity contribution in [2.75, 3.05) is 19.8 Å². The Morgan fingerprint density at radius 1 is 1.15 bits per heavy atom. The van der Waals surface area contributed by atoms with Gasteiger partial charge in [0.2, 0.25) is 0 Å². The molecule has 0 aliphatic rings. The summed E-state index contributed by atoms with van der Waals surface area (Å²) >= 11 is 0. The Morgan fingerprint density at radius 3 is 2.49 bits per heavy atom. The molecule has 0 aromatic heterocycles. The summed E-state index contributed by atoms with van der Waals surface area (Å²) in [6.45, 7) is 9.23. The first-order valence-corrected chi connectivity index (χ1v) is 13.5. The zero-order valence-electron chi connectivity index (χ0n) is 23.8. The van der Waals surface area contributed by atoms with Gasteiger partial charge in [0.25, 0.3) is 5.69 Å². The van der Waals surface area contributed by atoms with Gasteiger partial charge in [-0.3, -0.25) is 24.6 Å². The lowest BCUT2D eigenvalue weighted by Crippen LogP contribution is -2.46. The van der Waals surface area contributed by atoms with Crippen molar-refractivity contribution in [1.29, 1.82) is 0 Å². The molecule has 41 heavy (non-hydrogen) atoms. The number of carbonyl (C=O) groups is 3. The second kappa shape index (κ2) is 16.9. The minimum atomic E-state index is -0.732. The van der Waals surface area contributed by atoms with Crippen molar-refractivity contribution < 1.29 is 33.9 Å². The van der Waals surface area contributed by atoms with E-state index in [4.69, 9.17) is 9.47 Å². The molecule has 0 spiro atoms. The topological polar surface area (TPSA) is 148 Å². The number of carbonyl (C=O) groups excluding carboxylic acids is 3. The fraction of sp³-hybridized carbons (Fsp3) is 0.433. The number of hydrogen-bond donors (Lipinski definition) is 2. The van der Waals surface area contributed by atoms with E-state index in [1.807, 2.05) is 24.3 Å². The molecule has 0 aliphatic heterocycles. The van der Waals surface area contributed by atoms with E-state index in [1.54, 1.807) is 25.7 Å². The predicted octanol–water partition coefficient (Wildman–Crippen LogP) is 4.11. The molecule has 0 heterocycles. The van der Waals surface area contributed by atoms with Gasteiger partial charge in [-0.2, -0.15) is 0 Å². The number of phenolic OH excluding ortho intramolecular Hbond substituents is 1.